The first-order valence-corrected chi connectivity index (χ1v) is 6.07. The van der Waals surface area contributed by atoms with Crippen LogP contribution in [0.1, 0.15) is 25.3 Å². The van der Waals surface area contributed by atoms with Crippen LogP contribution in [-0.2, 0) is 0 Å². The fourth-order valence-corrected chi connectivity index (χ4v) is 2.16. The molecule has 88 valence electrons. The molecule has 1 heterocycles. The summed E-state index contributed by atoms with van der Waals surface area (Å²) in [5, 5.41) is 0. The van der Waals surface area contributed by atoms with E-state index in [1.54, 1.807) is 0 Å². The van der Waals surface area contributed by atoms with Gasteiger partial charge in [0.25, 0.3) is 0 Å². The molecule has 1 fully saturated rings. The molecule has 0 bridgehead atoms. The van der Waals surface area contributed by atoms with Gasteiger partial charge in [-0.05, 0) is 43.0 Å². The molecule has 0 aromatic heterocycles. The maximum Gasteiger partial charge on any atom is 0.121 e. The van der Waals surface area contributed by atoms with Crippen molar-refractivity contribution in [2.45, 2.75) is 25.9 Å². The van der Waals surface area contributed by atoms with Crippen molar-refractivity contribution in [1.82, 2.24) is 0 Å². The molecule has 2 heteroatoms. The van der Waals surface area contributed by atoms with Crippen LogP contribution in [0.25, 0.3) is 5.57 Å². The average Bonchev–Trinajstić information content (AvgIpc) is 3.10. The third-order valence-electron chi connectivity index (χ3n) is 3.36. The van der Waals surface area contributed by atoms with Crippen molar-refractivity contribution < 1.29 is 4.74 Å². The monoisotopic (exact) mass is 227 g/mol. The van der Waals surface area contributed by atoms with E-state index in [2.05, 4.69) is 49.8 Å². The molecule has 0 atom stereocenters. The molecule has 1 aliphatic heterocycles. The third-order valence-corrected chi connectivity index (χ3v) is 3.36. The fourth-order valence-electron chi connectivity index (χ4n) is 2.16. The van der Waals surface area contributed by atoms with Crippen LogP contribution in [0.3, 0.4) is 0 Å². The van der Waals surface area contributed by atoms with Crippen LogP contribution in [0.2, 0.25) is 0 Å². The summed E-state index contributed by atoms with van der Waals surface area (Å²) >= 11 is 0. The Hall–Kier alpha value is -1.70. The normalized spacial score (nSPS) is 18.8. The molecule has 2 aliphatic rings. The molecule has 1 aromatic rings. The second kappa shape index (κ2) is 3.66. The molecular weight excluding hydrogens is 210 g/mol. The highest BCUT2D eigenvalue weighted by Gasteiger charge is 2.24. The van der Waals surface area contributed by atoms with E-state index in [1.165, 1.54) is 29.7 Å². The summed E-state index contributed by atoms with van der Waals surface area (Å²) in [5.41, 5.74) is 4.71. The minimum absolute atomic E-state index is 0.447. The Kier molecular flexibility index (Phi) is 2.25. The van der Waals surface area contributed by atoms with Crippen molar-refractivity contribution in [3.63, 3.8) is 0 Å². The van der Waals surface area contributed by atoms with Gasteiger partial charge < -0.3 is 9.64 Å². The van der Waals surface area contributed by atoms with Crippen molar-refractivity contribution in [3.8, 4) is 5.75 Å². The Morgan fingerprint density at radius 1 is 1.35 bits per heavy atom. The molecule has 0 saturated heterocycles. The summed E-state index contributed by atoms with van der Waals surface area (Å²) in [7, 11) is 2.07. The summed E-state index contributed by atoms with van der Waals surface area (Å²) in [6, 6.07) is 6.28. The Balaban J connectivity index is 1.98. The predicted octanol–water partition coefficient (Wildman–Crippen LogP) is 3.59. The lowest BCUT2D eigenvalue weighted by Gasteiger charge is -2.26. The van der Waals surface area contributed by atoms with Gasteiger partial charge in [0.15, 0.2) is 0 Å². The quantitative estimate of drug-likeness (QED) is 0.765. The molecule has 17 heavy (non-hydrogen) atoms. The zero-order valence-electron chi connectivity index (χ0n) is 10.4. The first-order chi connectivity index (χ1) is 8.15. The van der Waals surface area contributed by atoms with E-state index >= 15 is 0 Å². The van der Waals surface area contributed by atoms with Crippen LogP contribution >= 0.6 is 0 Å². The standard InChI is InChI=1S/C15H17NO/c1-10-9-16(3)15-8-13(17-12-4-5-12)6-7-14(15)11(10)2/h6-9,12H,2,4-5H2,1,3H3. The van der Waals surface area contributed by atoms with Crippen LogP contribution in [0.5, 0.6) is 5.75 Å². The van der Waals surface area contributed by atoms with Gasteiger partial charge in [-0.1, -0.05) is 6.58 Å². The van der Waals surface area contributed by atoms with E-state index in [4.69, 9.17) is 4.74 Å². The van der Waals surface area contributed by atoms with Gasteiger partial charge in [-0.15, -0.1) is 0 Å². The summed E-state index contributed by atoms with van der Waals surface area (Å²) < 4.78 is 5.82. The molecule has 0 spiro atoms. The zero-order chi connectivity index (χ0) is 12.0. The molecule has 1 aromatic carbocycles. The fraction of sp³-hybridized carbons (Fsp3) is 0.333. The highest BCUT2D eigenvalue weighted by Crippen LogP contribution is 2.38. The Morgan fingerprint density at radius 2 is 2.12 bits per heavy atom. The minimum Gasteiger partial charge on any atom is -0.490 e. The lowest BCUT2D eigenvalue weighted by molar-refractivity contribution is 0.303. The van der Waals surface area contributed by atoms with Gasteiger partial charge in [0, 0.05) is 24.9 Å². The SMILES string of the molecule is C=C1C(C)=CN(C)c2cc(OC3CC3)ccc21. The molecule has 0 unspecified atom stereocenters. The number of nitrogens with zero attached hydrogens (tertiary/aromatic N) is 1. The van der Waals surface area contributed by atoms with E-state index < -0.39 is 0 Å². The van der Waals surface area contributed by atoms with E-state index in [-0.39, 0.29) is 0 Å². The van der Waals surface area contributed by atoms with Crippen molar-refractivity contribution in [1.29, 1.82) is 0 Å². The highest BCUT2D eigenvalue weighted by atomic mass is 16.5. The van der Waals surface area contributed by atoms with Gasteiger partial charge in [0.05, 0.1) is 11.8 Å². The third kappa shape index (κ3) is 1.84. The van der Waals surface area contributed by atoms with Gasteiger partial charge in [-0.2, -0.15) is 0 Å². The number of benzene rings is 1. The van der Waals surface area contributed by atoms with Crippen molar-refractivity contribution >= 4 is 11.3 Å². The maximum atomic E-state index is 5.82. The highest BCUT2D eigenvalue weighted by molar-refractivity contribution is 5.88. The predicted molar refractivity (Wildman–Crippen MR) is 71.3 cm³/mol. The van der Waals surface area contributed by atoms with Crippen molar-refractivity contribution in [2.75, 3.05) is 11.9 Å². The summed E-state index contributed by atoms with van der Waals surface area (Å²) in [6.07, 6.45) is 4.95. The van der Waals surface area contributed by atoms with E-state index in [0.717, 1.165) is 11.3 Å². The molecule has 2 nitrogen and oxygen atoms in total. The Morgan fingerprint density at radius 3 is 2.82 bits per heavy atom. The van der Waals surface area contributed by atoms with Gasteiger partial charge in [0.1, 0.15) is 5.75 Å². The molecular formula is C15H17NO. The van der Waals surface area contributed by atoms with Crippen LogP contribution in [0.4, 0.5) is 5.69 Å². The number of rotatable bonds is 2. The molecule has 3 rings (SSSR count). The number of hydrogen-bond donors (Lipinski definition) is 0. The van der Waals surface area contributed by atoms with E-state index in [0.29, 0.717) is 6.10 Å². The van der Waals surface area contributed by atoms with Crippen LogP contribution in [0.15, 0.2) is 36.6 Å². The lowest BCUT2D eigenvalue weighted by atomic mass is 9.96. The Bertz CT molecular complexity index is 512. The van der Waals surface area contributed by atoms with Crippen molar-refractivity contribution in [3.05, 3.63) is 42.1 Å². The Labute approximate surface area is 102 Å². The second-order valence-corrected chi connectivity index (χ2v) is 4.90. The van der Waals surface area contributed by atoms with Gasteiger partial charge in [-0.3, -0.25) is 0 Å². The van der Waals surface area contributed by atoms with Crippen LogP contribution in [-0.4, -0.2) is 13.2 Å². The molecule has 1 aliphatic carbocycles. The molecule has 0 radical (unpaired) electrons. The summed E-state index contributed by atoms with van der Waals surface area (Å²) in [5.74, 6) is 0.971. The first kappa shape index (κ1) is 10.5. The second-order valence-electron chi connectivity index (χ2n) is 4.90. The zero-order valence-corrected chi connectivity index (χ0v) is 10.4. The van der Waals surface area contributed by atoms with E-state index in [1.807, 2.05) is 0 Å². The molecule has 1 saturated carbocycles. The van der Waals surface area contributed by atoms with Gasteiger partial charge >= 0.3 is 0 Å². The number of anilines is 1. The molecule has 0 amide bonds. The number of ether oxygens (including phenoxy) is 1. The number of allylic oxidation sites excluding steroid dienone is 2. The topological polar surface area (TPSA) is 12.5 Å². The number of hydrogen-bond acceptors (Lipinski definition) is 2. The van der Waals surface area contributed by atoms with Crippen molar-refractivity contribution in [2.24, 2.45) is 0 Å². The largest absolute Gasteiger partial charge is 0.490 e. The van der Waals surface area contributed by atoms with Crippen LogP contribution < -0.4 is 9.64 Å². The smallest absolute Gasteiger partial charge is 0.121 e. The summed E-state index contributed by atoms with van der Waals surface area (Å²) in [6.45, 7) is 6.23. The minimum atomic E-state index is 0.447. The molecule has 0 N–H and O–H groups in total. The van der Waals surface area contributed by atoms with Crippen LogP contribution in [0, 0.1) is 0 Å². The number of fused-ring (bicyclic) bond motifs is 1. The first-order valence-electron chi connectivity index (χ1n) is 6.07. The lowest BCUT2D eigenvalue weighted by Crippen LogP contribution is -2.15. The average molecular weight is 227 g/mol. The van der Waals surface area contributed by atoms with Gasteiger partial charge in [-0.25, -0.2) is 0 Å². The van der Waals surface area contributed by atoms with Gasteiger partial charge in [0.2, 0.25) is 0 Å². The summed E-state index contributed by atoms with van der Waals surface area (Å²) in [4.78, 5) is 2.14. The maximum absolute atomic E-state index is 5.82. The van der Waals surface area contributed by atoms with E-state index in [9.17, 15) is 0 Å².